The zero-order valence-corrected chi connectivity index (χ0v) is 14.1. The molecule has 128 valence electrons. The van der Waals surface area contributed by atoms with E-state index in [2.05, 4.69) is 15.1 Å². The van der Waals surface area contributed by atoms with Gasteiger partial charge in [-0.15, -0.1) is 0 Å². The lowest BCUT2D eigenvalue weighted by Crippen LogP contribution is -2.47. The molecule has 0 aliphatic carbocycles. The van der Waals surface area contributed by atoms with E-state index in [1.54, 1.807) is 23.4 Å². The van der Waals surface area contributed by atoms with Gasteiger partial charge in [0.1, 0.15) is 11.3 Å². The Kier molecular flexibility index (Phi) is 4.13. The minimum atomic E-state index is -0.531. The van der Waals surface area contributed by atoms with Crippen molar-refractivity contribution in [2.24, 2.45) is 0 Å². The van der Waals surface area contributed by atoms with E-state index in [1.807, 2.05) is 20.8 Å². The quantitative estimate of drug-likeness (QED) is 0.853. The van der Waals surface area contributed by atoms with Crippen molar-refractivity contribution in [1.82, 2.24) is 20.0 Å². The van der Waals surface area contributed by atoms with Crippen LogP contribution >= 0.6 is 0 Å². The predicted octanol–water partition coefficient (Wildman–Crippen LogP) is 2.82. The zero-order chi connectivity index (χ0) is 17.3. The monoisotopic (exact) mass is 332 g/mol. The van der Waals surface area contributed by atoms with Crippen LogP contribution in [-0.4, -0.2) is 45.4 Å². The smallest absolute Gasteiger partial charge is 0.410 e. The summed E-state index contributed by atoms with van der Waals surface area (Å²) in [5, 5.41) is 4.03. The van der Waals surface area contributed by atoms with Crippen molar-refractivity contribution < 1.29 is 18.8 Å². The van der Waals surface area contributed by atoms with Crippen molar-refractivity contribution >= 4 is 6.09 Å². The summed E-state index contributed by atoms with van der Waals surface area (Å²) >= 11 is 0. The van der Waals surface area contributed by atoms with Crippen molar-refractivity contribution in [3.05, 3.63) is 24.2 Å². The van der Waals surface area contributed by atoms with E-state index in [0.717, 1.165) is 6.42 Å². The van der Waals surface area contributed by atoms with Crippen LogP contribution in [0.1, 0.15) is 39.0 Å². The van der Waals surface area contributed by atoms with E-state index in [0.29, 0.717) is 29.6 Å². The van der Waals surface area contributed by atoms with E-state index in [-0.39, 0.29) is 12.1 Å². The molecule has 8 nitrogen and oxygen atoms in total. The zero-order valence-electron chi connectivity index (χ0n) is 14.1. The van der Waals surface area contributed by atoms with Gasteiger partial charge in [0, 0.05) is 25.0 Å². The summed E-state index contributed by atoms with van der Waals surface area (Å²) in [4.78, 5) is 22.1. The number of amides is 1. The minimum Gasteiger partial charge on any atom is -0.479 e. The first-order valence-electron chi connectivity index (χ1n) is 7.70. The number of nitrogens with zero attached hydrogens (tertiary/aromatic N) is 4. The topological polar surface area (TPSA) is 90.6 Å². The Hall–Kier alpha value is -2.64. The Morgan fingerprint density at radius 3 is 2.71 bits per heavy atom. The fourth-order valence-electron chi connectivity index (χ4n) is 2.43. The molecule has 3 rings (SSSR count). The predicted molar refractivity (Wildman–Crippen MR) is 84.4 cm³/mol. The Bertz CT molecular complexity index is 738. The van der Waals surface area contributed by atoms with Gasteiger partial charge in [0.25, 0.3) is 0 Å². The highest BCUT2D eigenvalue weighted by atomic mass is 16.6. The standard InChI is InChI=1S/C16H20N4O4/c1-16(2,3)23-15(21)20-8-5-11(20)12-9-10(19-24-12)13-14(22-4)18-7-6-17-13/h6-7,9,11H,5,8H2,1-4H3/t11-/m0/s1. The number of likely N-dealkylation sites (tertiary alicyclic amines) is 1. The lowest BCUT2D eigenvalue weighted by Gasteiger charge is -2.39. The van der Waals surface area contributed by atoms with Crippen molar-refractivity contribution in [2.45, 2.75) is 38.8 Å². The van der Waals surface area contributed by atoms with Crippen LogP contribution in [0.25, 0.3) is 11.4 Å². The highest BCUT2D eigenvalue weighted by Gasteiger charge is 2.38. The molecule has 1 amide bonds. The highest BCUT2D eigenvalue weighted by Crippen LogP contribution is 2.36. The summed E-state index contributed by atoms with van der Waals surface area (Å²) in [6, 6.07) is 1.58. The van der Waals surface area contributed by atoms with Crippen LogP contribution in [0.5, 0.6) is 5.88 Å². The van der Waals surface area contributed by atoms with Gasteiger partial charge in [0.15, 0.2) is 11.5 Å². The number of methoxy groups -OCH3 is 1. The molecule has 1 aliphatic heterocycles. The first-order valence-corrected chi connectivity index (χ1v) is 7.70. The molecule has 0 unspecified atom stereocenters. The number of rotatable bonds is 3. The largest absolute Gasteiger partial charge is 0.479 e. The van der Waals surface area contributed by atoms with Gasteiger partial charge in [-0.25, -0.2) is 14.8 Å². The first kappa shape index (κ1) is 16.2. The average Bonchev–Trinajstić information content (AvgIpc) is 2.93. The molecule has 24 heavy (non-hydrogen) atoms. The number of carbonyl (C=O) groups excluding carboxylic acids is 1. The molecule has 8 heteroatoms. The maximum Gasteiger partial charge on any atom is 0.410 e. The number of ether oxygens (including phenoxy) is 2. The lowest BCUT2D eigenvalue weighted by molar-refractivity contribution is -0.0108. The molecule has 0 bridgehead atoms. The summed E-state index contributed by atoms with van der Waals surface area (Å²) in [5.41, 5.74) is 0.487. The second-order valence-corrected chi connectivity index (χ2v) is 6.51. The number of hydrogen-bond donors (Lipinski definition) is 0. The van der Waals surface area contributed by atoms with Crippen molar-refractivity contribution in [3.8, 4) is 17.3 Å². The third-order valence-electron chi connectivity index (χ3n) is 3.61. The molecule has 3 heterocycles. The normalized spacial score (nSPS) is 17.3. The van der Waals surface area contributed by atoms with Gasteiger partial charge in [0.05, 0.1) is 13.2 Å². The van der Waals surface area contributed by atoms with Gasteiger partial charge in [-0.1, -0.05) is 5.16 Å². The Balaban J connectivity index is 1.77. The van der Waals surface area contributed by atoms with E-state index in [9.17, 15) is 4.79 Å². The third kappa shape index (κ3) is 3.17. The van der Waals surface area contributed by atoms with E-state index in [1.165, 1.54) is 7.11 Å². The Morgan fingerprint density at radius 2 is 2.08 bits per heavy atom. The van der Waals surface area contributed by atoms with Crippen LogP contribution < -0.4 is 4.74 Å². The molecule has 1 atom stereocenters. The third-order valence-corrected chi connectivity index (χ3v) is 3.61. The van der Waals surface area contributed by atoms with Gasteiger partial charge in [0.2, 0.25) is 5.88 Å². The number of carbonyl (C=O) groups is 1. The van der Waals surface area contributed by atoms with Crippen LogP contribution in [0.3, 0.4) is 0 Å². The maximum atomic E-state index is 12.2. The Morgan fingerprint density at radius 1 is 1.33 bits per heavy atom. The molecule has 1 aliphatic rings. The summed E-state index contributed by atoms with van der Waals surface area (Å²) in [6.07, 6.45) is 3.54. The molecule has 0 spiro atoms. The second-order valence-electron chi connectivity index (χ2n) is 6.51. The molecule has 1 saturated heterocycles. The Labute approximate surface area is 139 Å². The summed E-state index contributed by atoms with van der Waals surface area (Å²) in [7, 11) is 1.52. The number of aromatic nitrogens is 3. The molecular formula is C16H20N4O4. The van der Waals surface area contributed by atoms with Gasteiger partial charge in [-0.05, 0) is 27.2 Å². The fourth-order valence-corrected chi connectivity index (χ4v) is 2.43. The fraction of sp³-hybridized carbons (Fsp3) is 0.500. The number of hydrogen-bond acceptors (Lipinski definition) is 7. The summed E-state index contributed by atoms with van der Waals surface area (Å²) < 4.78 is 16.0. The van der Waals surface area contributed by atoms with Gasteiger partial charge in [-0.2, -0.15) is 0 Å². The van der Waals surface area contributed by atoms with Crippen LogP contribution in [-0.2, 0) is 4.74 Å². The van der Waals surface area contributed by atoms with Crippen molar-refractivity contribution in [3.63, 3.8) is 0 Å². The van der Waals surface area contributed by atoms with Crippen LogP contribution in [0.2, 0.25) is 0 Å². The van der Waals surface area contributed by atoms with Crippen LogP contribution in [0, 0.1) is 0 Å². The lowest BCUT2D eigenvalue weighted by atomic mass is 10.0. The molecule has 2 aromatic rings. The second kappa shape index (κ2) is 6.10. The molecule has 0 aromatic carbocycles. The maximum absolute atomic E-state index is 12.2. The molecule has 1 fully saturated rings. The van der Waals surface area contributed by atoms with Gasteiger partial charge in [-0.3, -0.25) is 4.90 Å². The summed E-state index contributed by atoms with van der Waals surface area (Å²) in [5.74, 6) is 0.963. The molecular weight excluding hydrogens is 312 g/mol. The van der Waals surface area contributed by atoms with Crippen molar-refractivity contribution in [1.29, 1.82) is 0 Å². The average molecular weight is 332 g/mol. The van der Waals surface area contributed by atoms with E-state index in [4.69, 9.17) is 14.0 Å². The first-order chi connectivity index (χ1) is 11.4. The molecule has 2 aromatic heterocycles. The minimum absolute atomic E-state index is 0.177. The summed E-state index contributed by atoms with van der Waals surface area (Å²) in [6.45, 7) is 6.15. The molecule has 0 saturated carbocycles. The van der Waals surface area contributed by atoms with E-state index < -0.39 is 5.60 Å². The van der Waals surface area contributed by atoms with Gasteiger partial charge >= 0.3 is 6.09 Å². The van der Waals surface area contributed by atoms with Crippen LogP contribution in [0.4, 0.5) is 4.79 Å². The SMILES string of the molecule is COc1nccnc1-c1cc([C@@H]2CCN2C(=O)OC(C)(C)C)on1. The van der Waals surface area contributed by atoms with Crippen molar-refractivity contribution in [2.75, 3.05) is 13.7 Å². The molecule has 0 N–H and O–H groups in total. The molecule has 0 radical (unpaired) electrons. The van der Waals surface area contributed by atoms with E-state index >= 15 is 0 Å². The van der Waals surface area contributed by atoms with Crippen LogP contribution in [0.15, 0.2) is 23.0 Å². The highest BCUT2D eigenvalue weighted by molar-refractivity contribution is 5.70. The van der Waals surface area contributed by atoms with Gasteiger partial charge < -0.3 is 14.0 Å².